The molecule has 100 valence electrons. The summed E-state index contributed by atoms with van der Waals surface area (Å²) in [5.74, 6) is -0.331. The minimum Gasteiger partial charge on any atom is -0.462 e. The highest BCUT2D eigenvalue weighted by Crippen LogP contribution is 2.41. The predicted molar refractivity (Wildman–Crippen MR) is 75.1 cm³/mol. The number of anilines is 2. The summed E-state index contributed by atoms with van der Waals surface area (Å²) in [5.41, 5.74) is 6.73. The lowest BCUT2D eigenvalue weighted by atomic mass is 9.70. The van der Waals surface area contributed by atoms with Crippen molar-refractivity contribution in [3.05, 3.63) is 10.9 Å². The van der Waals surface area contributed by atoms with Gasteiger partial charge in [0.05, 0.1) is 17.3 Å². The number of hydrogen-bond donors (Lipinski definition) is 2. The molecule has 0 saturated heterocycles. The first-order valence-electron chi connectivity index (χ1n) is 6.34. The number of nitrogen functional groups attached to an aromatic ring is 1. The summed E-state index contributed by atoms with van der Waals surface area (Å²) in [6, 6.07) is 1.82. The minimum absolute atomic E-state index is 0.331. The van der Waals surface area contributed by atoms with E-state index in [9.17, 15) is 4.79 Å². The molecule has 1 aliphatic rings. The van der Waals surface area contributed by atoms with E-state index in [4.69, 9.17) is 10.5 Å². The van der Waals surface area contributed by atoms with E-state index in [1.54, 1.807) is 6.92 Å². The van der Waals surface area contributed by atoms with Crippen LogP contribution in [0.5, 0.6) is 0 Å². The van der Waals surface area contributed by atoms with Gasteiger partial charge in [-0.3, -0.25) is 0 Å². The molecular formula is C13H20N2O2S. The monoisotopic (exact) mass is 268 g/mol. The molecule has 0 unspecified atom stereocenters. The molecule has 0 radical (unpaired) electrons. The zero-order chi connectivity index (χ0) is 13.2. The number of esters is 1. The van der Waals surface area contributed by atoms with Crippen molar-refractivity contribution in [3.63, 3.8) is 0 Å². The third-order valence-corrected chi connectivity index (χ3v) is 4.56. The number of carbonyl (C=O) groups excluding carboxylic acids is 1. The highest BCUT2D eigenvalue weighted by atomic mass is 32.1. The first-order valence-corrected chi connectivity index (χ1v) is 7.16. The Labute approximate surface area is 112 Å². The van der Waals surface area contributed by atoms with E-state index in [0.29, 0.717) is 22.6 Å². The van der Waals surface area contributed by atoms with Crippen LogP contribution in [0.15, 0.2) is 6.07 Å². The van der Waals surface area contributed by atoms with Gasteiger partial charge >= 0.3 is 5.97 Å². The second kappa shape index (κ2) is 5.18. The predicted octanol–water partition coefficient (Wildman–Crippen LogP) is 3.11. The second-order valence-electron chi connectivity index (χ2n) is 5.13. The van der Waals surface area contributed by atoms with Gasteiger partial charge in [-0.25, -0.2) is 4.79 Å². The maximum absolute atomic E-state index is 11.6. The van der Waals surface area contributed by atoms with Crippen LogP contribution < -0.4 is 11.1 Å². The van der Waals surface area contributed by atoms with Crippen molar-refractivity contribution in [2.24, 2.45) is 5.41 Å². The van der Waals surface area contributed by atoms with Crippen LogP contribution in [-0.2, 0) is 4.74 Å². The lowest BCUT2D eigenvalue weighted by molar-refractivity contribution is 0.0533. The molecule has 0 bridgehead atoms. The zero-order valence-electron chi connectivity index (χ0n) is 10.9. The molecule has 0 aromatic carbocycles. The van der Waals surface area contributed by atoms with Crippen molar-refractivity contribution in [1.29, 1.82) is 0 Å². The van der Waals surface area contributed by atoms with Crippen molar-refractivity contribution < 1.29 is 9.53 Å². The van der Waals surface area contributed by atoms with Crippen LogP contribution >= 0.6 is 11.3 Å². The molecule has 1 aromatic rings. The van der Waals surface area contributed by atoms with Crippen molar-refractivity contribution >= 4 is 28.0 Å². The normalized spacial score (nSPS) is 17.0. The summed E-state index contributed by atoms with van der Waals surface area (Å²) >= 11 is 1.37. The third-order valence-electron chi connectivity index (χ3n) is 3.47. The molecule has 4 nitrogen and oxygen atoms in total. The summed E-state index contributed by atoms with van der Waals surface area (Å²) in [5, 5.41) is 4.32. The Hall–Kier alpha value is -1.23. The number of thiophene rings is 1. The Bertz CT molecular complexity index is 438. The summed E-state index contributed by atoms with van der Waals surface area (Å²) in [6.45, 7) is 5.39. The molecule has 18 heavy (non-hydrogen) atoms. The highest BCUT2D eigenvalue weighted by Gasteiger charge is 2.31. The number of carbonyl (C=O) groups is 1. The van der Waals surface area contributed by atoms with Crippen LogP contribution in [0, 0.1) is 5.41 Å². The number of hydrogen-bond acceptors (Lipinski definition) is 5. The molecule has 3 N–H and O–H groups in total. The van der Waals surface area contributed by atoms with Gasteiger partial charge in [-0.15, -0.1) is 11.3 Å². The van der Waals surface area contributed by atoms with E-state index in [1.165, 1.54) is 30.6 Å². The molecule has 0 aliphatic heterocycles. The Balaban J connectivity index is 1.97. The number of rotatable bonds is 5. The number of ether oxygens (including phenoxy) is 1. The highest BCUT2D eigenvalue weighted by molar-refractivity contribution is 7.18. The topological polar surface area (TPSA) is 64.3 Å². The average molecular weight is 268 g/mol. The van der Waals surface area contributed by atoms with E-state index in [0.717, 1.165) is 11.5 Å². The van der Waals surface area contributed by atoms with Crippen LogP contribution in [0.4, 0.5) is 10.7 Å². The van der Waals surface area contributed by atoms with Crippen LogP contribution in [0.2, 0.25) is 0 Å². The van der Waals surface area contributed by atoms with E-state index in [-0.39, 0.29) is 5.97 Å². The average Bonchev–Trinajstić information content (AvgIpc) is 2.66. The molecular weight excluding hydrogens is 248 g/mol. The molecule has 1 heterocycles. The summed E-state index contributed by atoms with van der Waals surface area (Å²) in [4.78, 5) is 12.1. The van der Waals surface area contributed by atoms with E-state index in [1.807, 2.05) is 6.07 Å². The van der Waals surface area contributed by atoms with E-state index in [2.05, 4.69) is 12.2 Å². The molecule has 5 heteroatoms. The van der Waals surface area contributed by atoms with Crippen molar-refractivity contribution in [3.8, 4) is 0 Å². The molecule has 1 saturated carbocycles. The quantitative estimate of drug-likeness (QED) is 0.805. The lowest BCUT2D eigenvalue weighted by Gasteiger charge is -2.38. The van der Waals surface area contributed by atoms with Crippen LogP contribution in [-0.4, -0.2) is 19.1 Å². The van der Waals surface area contributed by atoms with E-state index < -0.39 is 0 Å². The molecule has 1 aromatic heterocycles. The fourth-order valence-corrected chi connectivity index (χ4v) is 2.98. The van der Waals surface area contributed by atoms with E-state index >= 15 is 0 Å². The largest absolute Gasteiger partial charge is 0.462 e. The van der Waals surface area contributed by atoms with Gasteiger partial charge in [0, 0.05) is 6.54 Å². The molecule has 1 fully saturated rings. The van der Waals surface area contributed by atoms with Crippen molar-refractivity contribution in [2.75, 3.05) is 24.2 Å². The van der Waals surface area contributed by atoms with Crippen molar-refractivity contribution in [2.45, 2.75) is 33.1 Å². The Morgan fingerprint density at radius 1 is 1.61 bits per heavy atom. The maximum atomic E-state index is 11.6. The number of nitrogens with two attached hydrogens (primary N) is 1. The second-order valence-corrected chi connectivity index (χ2v) is 6.19. The smallest absolute Gasteiger partial charge is 0.350 e. The fraction of sp³-hybridized carbons (Fsp3) is 0.615. The first kappa shape index (κ1) is 13.2. The summed E-state index contributed by atoms with van der Waals surface area (Å²) in [7, 11) is 0. The van der Waals surface area contributed by atoms with Gasteiger partial charge in [0.25, 0.3) is 0 Å². The Morgan fingerprint density at radius 3 is 2.89 bits per heavy atom. The Morgan fingerprint density at radius 2 is 2.33 bits per heavy atom. The molecule has 0 spiro atoms. The summed E-state index contributed by atoms with van der Waals surface area (Å²) in [6.07, 6.45) is 3.86. The Kier molecular flexibility index (Phi) is 3.80. The minimum atomic E-state index is -0.331. The van der Waals surface area contributed by atoms with Gasteiger partial charge in [0.1, 0.15) is 4.88 Å². The lowest BCUT2D eigenvalue weighted by Crippen LogP contribution is -2.33. The van der Waals surface area contributed by atoms with Crippen LogP contribution in [0.1, 0.15) is 42.8 Å². The molecule has 2 rings (SSSR count). The zero-order valence-corrected chi connectivity index (χ0v) is 11.7. The molecule has 1 aliphatic carbocycles. The SMILES string of the molecule is CCOC(=O)c1sc(NCC2(C)CCC2)cc1N. The van der Waals surface area contributed by atoms with Gasteiger partial charge < -0.3 is 15.8 Å². The standard InChI is InChI=1S/C13H20N2O2S/c1-3-17-12(16)11-9(14)7-10(18-11)15-8-13(2)5-4-6-13/h7,15H,3-6,8,14H2,1-2H3. The third kappa shape index (κ3) is 2.77. The summed E-state index contributed by atoms with van der Waals surface area (Å²) < 4.78 is 4.96. The fourth-order valence-electron chi connectivity index (χ4n) is 2.11. The van der Waals surface area contributed by atoms with Gasteiger partial charge in [-0.1, -0.05) is 13.3 Å². The van der Waals surface area contributed by atoms with Crippen molar-refractivity contribution in [1.82, 2.24) is 0 Å². The number of nitrogens with one attached hydrogen (secondary N) is 1. The van der Waals surface area contributed by atoms with Crippen LogP contribution in [0.25, 0.3) is 0 Å². The van der Waals surface area contributed by atoms with Gasteiger partial charge in [0.2, 0.25) is 0 Å². The van der Waals surface area contributed by atoms with Gasteiger partial charge in [-0.2, -0.15) is 0 Å². The first-order chi connectivity index (χ1) is 8.54. The van der Waals surface area contributed by atoms with Gasteiger partial charge in [0.15, 0.2) is 0 Å². The van der Waals surface area contributed by atoms with Crippen LogP contribution in [0.3, 0.4) is 0 Å². The van der Waals surface area contributed by atoms with Gasteiger partial charge in [-0.05, 0) is 31.2 Å². The molecule has 0 amide bonds. The molecule has 0 atom stereocenters. The maximum Gasteiger partial charge on any atom is 0.350 e.